The molecule has 0 unspecified atom stereocenters. The molecule has 0 atom stereocenters. The third kappa shape index (κ3) is 5.18. The van der Waals surface area contributed by atoms with Crippen molar-refractivity contribution in [2.75, 3.05) is 18.5 Å². The highest BCUT2D eigenvalue weighted by Gasteiger charge is 2.19. The smallest absolute Gasteiger partial charge is 0.359 e. The third-order valence-corrected chi connectivity index (χ3v) is 4.51. The minimum atomic E-state index is -0.807. The van der Waals surface area contributed by atoms with Crippen LogP contribution in [0.5, 0.6) is 0 Å². The van der Waals surface area contributed by atoms with Gasteiger partial charge < -0.3 is 14.8 Å². The number of anilines is 1. The van der Waals surface area contributed by atoms with Gasteiger partial charge in [0.2, 0.25) is 0 Å². The molecule has 1 heterocycles. The molecule has 0 spiro atoms. The number of fused-ring (bicyclic) bond motifs is 1. The van der Waals surface area contributed by atoms with E-state index < -0.39 is 24.5 Å². The van der Waals surface area contributed by atoms with Crippen LogP contribution < -0.4 is 10.9 Å². The van der Waals surface area contributed by atoms with Gasteiger partial charge in [0.05, 0.1) is 17.6 Å². The summed E-state index contributed by atoms with van der Waals surface area (Å²) in [4.78, 5) is 49.0. The second-order valence-corrected chi connectivity index (χ2v) is 6.84. The Labute approximate surface area is 183 Å². The van der Waals surface area contributed by atoms with E-state index in [-0.39, 0.29) is 17.9 Å². The fourth-order valence-corrected chi connectivity index (χ4v) is 3.05. The van der Waals surface area contributed by atoms with E-state index >= 15 is 0 Å². The number of nitrogens with one attached hydrogen (secondary N) is 1. The van der Waals surface area contributed by atoms with Gasteiger partial charge in [-0.15, -0.1) is 0 Å². The van der Waals surface area contributed by atoms with Gasteiger partial charge in [0, 0.05) is 17.6 Å². The van der Waals surface area contributed by atoms with Crippen LogP contribution in [0.15, 0.2) is 53.3 Å². The summed E-state index contributed by atoms with van der Waals surface area (Å²) in [5.41, 5.74) is 0.471. The molecule has 0 saturated heterocycles. The summed E-state index contributed by atoms with van der Waals surface area (Å²) in [6.45, 7) is 3.69. The second kappa shape index (κ2) is 10.3. The van der Waals surface area contributed by atoms with Crippen LogP contribution in [-0.4, -0.2) is 40.8 Å². The van der Waals surface area contributed by atoms with Gasteiger partial charge in [0.1, 0.15) is 0 Å². The van der Waals surface area contributed by atoms with Crippen molar-refractivity contribution in [1.82, 2.24) is 9.78 Å². The molecule has 0 saturated carbocycles. The quantitative estimate of drug-likeness (QED) is 0.539. The maximum atomic E-state index is 12.6. The van der Waals surface area contributed by atoms with Crippen molar-refractivity contribution in [3.63, 3.8) is 0 Å². The predicted octanol–water partition coefficient (Wildman–Crippen LogP) is 2.78. The maximum Gasteiger partial charge on any atom is 0.359 e. The number of hydrogen-bond donors (Lipinski definition) is 1. The van der Waals surface area contributed by atoms with Crippen LogP contribution in [-0.2, 0) is 20.8 Å². The van der Waals surface area contributed by atoms with Crippen molar-refractivity contribution in [3.05, 3.63) is 70.1 Å². The summed E-state index contributed by atoms with van der Waals surface area (Å²) in [7, 11) is 0. The zero-order valence-corrected chi connectivity index (χ0v) is 17.8. The average Bonchev–Trinajstić information content (AvgIpc) is 2.80. The molecule has 1 amide bonds. The lowest BCUT2D eigenvalue weighted by atomic mass is 10.1. The molecule has 9 nitrogen and oxygen atoms in total. The molecule has 3 aromatic rings. The molecule has 0 aliphatic rings. The van der Waals surface area contributed by atoms with Gasteiger partial charge >= 0.3 is 11.9 Å². The monoisotopic (exact) mass is 437 g/mol. The van der Waals surface area contributed by atoms with Gasteiger partial charge in [0.25, 0.3) is 11.5 Å². The Morgan fingerprint density at radius 1 is 0.938 bits per heavy atom. The first-order chi connectivity index (χ1) is 15.4. The summed E-state index contributed by atoms with van der Waals surface area (Å²) < 4.78 is 11.3. The number of ether oxygens (including phenoxy) is 2. The van der Waals surface area contributed by atoms with Crippen molar-refractivity contribution < 1.29 is 23.9 Å². The Kier molecular flexibility index (Phi) is 7.33. The molecule has 1 N–H and O–H groups in total. The fraction of sp³-hybridized carbons (Fsp3) is 0.261. The van der Waals surface area contributed by atoms with Gasteiger partial charge in [0.15, 0.2) is 12.3 Å². The van der Waals surface area contributed by atoms with Crippen molar-refractivity contribution in [2.45, 2.75) is 26.8 Å². The van der Waals surface area contributed by atoms with Gasteiger partial charge in [-0.1, -0.05) is 25.1 Å². The molecule has 2 aromatic carbocycles. The summed E-state index contributed by atoms with van der Waals surface area (Å²) in [6.07, 6.45) is 0.664. The second-order valence-electron chi connectivity index (χ2n) is 6.84. The number of rotatable bonds is 8. The summed E-state index contributed by atoms with van der Waals surface area (Å²) in [6, 6.07) is 12.8. The number of carbonyl (C=O) groups excluding carboxylic acids is 3. The predicted molar refractivity (Wildman–Crippen MR) is 118 cm³/mol. The highest BCUT2D eigenvalue weighted by atomic mass is 16.5. The van der Waals surface area contributed by atoms with E-state index in [1.807, 2.05) is 6.92 Å². The molecule has 0 fully saturated rings. The first kappa shape index (κ1) is 22.7. The number of hydrogen-bond acceptors (Lipinski definition) is 7. The molecule has 9 heteroatoms. The molecular formula is C23H23N3O6. The Morgan fingerprint density at radius 3 is 2.28 bits per heavy atom. The first-order valence-electron chi connectivity index (χ1n) is 10.2. The van der Waals surface area contributed by atoms with E-state index in [1.54, 1.807) is 43.3 Å². The highest BCUT2D eigenvalue weighted by Crippen LogP contribution is 2.15. The number of nitrogens with zero attached hydrogens (tertiary/aromatic N) is 2. The van der Waals surface area contributed by atoms with E-state index in [0.717, 1.165) is 0 Å². The lowest BCUT2D eigenvalue weighted by Crippen LogP contribution is -2.27. The SMILES string of the molecule is CCCn1nc(C(=O)OCC(=O)Nc2ccc(C(=O)OCC)cc2)c2ccccc2c1=O. The zero-order valence-electron chi connectivity index (χ0n) is 17.8. The van der Waals surface area contributed by atoms with Crippen molar-refractivity contribution >= 4 is 34.3 Å². The van der Waals surface area contributed by atoms with E-state index in [9.17, 15) is 19.2 Å². The molecule has 0 radical (unpaired) electrons. The van der Waals surface area contributed by atoms with Gasteiger partial charge in [-0.3, -0.25) is 9.59 Å². The summed E-state index contributed by atoms with van der Waals surface area (Å²) >= 11 is 0. The molecule has 0 aliphatic carbocycles. The Hall–Kier alpha value is -4.01. The lowest BCUT2D eigenvalue weighted by molar-refractivity contribution is -0.119. The van der Waals surface area contributed by atoms with Gasteiger partial charge in [-0.25, -0.2) is 14.3 Å². The highest BCUT2D eigenvalue weighted by molar-refractivity contribution is 6.03. The largest absolute Gasteiger partial charge is 0.462 e. The summed E-state index contributed by atoms with van der Waals surface area (Å²) in [5.74, 6) is -1.82. The summed E-state index contributed by atoms with van der Waals surface area (Å²) in [5, 5.41) is 7.45. The van der Waals surface area contributed by atoms with Gasteiger partial charge in [-0.2, -0.15) is 5.10 Å². The van der Waals surface area contributed by atoms with E-state index in [2.05, 4.69) is 10.4 Å². The number of aromatic nitrogens is 2. The fourth-order valence-electron chi connectivity index (χ4n) is 3.05. The van der Waals surface area contributed by atoms with E-state index in [0.29, 0.717) is 35.0 Å². The van der Waals surface area contributed by atoms with Crippen molar-refractivity contribution in [1.29, 1.82) is 0 Å². The maximum absolute atomic E-state index is 12.6. The van der Waals surface area contributed by atoms with Crippen molar-refractivity contribution in [2.24, 2.45) is 0 Å². The van der Waals surface area contributed by atoms with E-state index in [4.69, 9.17) is 9.47 Å². The van der Waals surface area contributed by atoms with Crippen LogP contribution in [0.1, 0.15) is 41.1 Å². The van der Waals surface area contributed by atoms with Gasteiger partial charge in [-0.05, 0) is 43.7 Å². The van der Waals surface area contributed by atoms with Crippen LogP contribution in [0.4, 0.5) is 5.69 Å². The number of aryl methyl sites for hydroxylation is 1. The molecule has 32 heavy (non-hydrogen) atoms. The number of carbonyl (C=O) groups is 3. The minimum Gasteiger partial charge on any atom is -0.462 e. The molecule has 0 bridgehead atoms. The molecule has 3 rings (SSSR count). The third-order valence-electron chi connectivity index (χ3n) is 4.51. The number of benzene rings is 2. The Bertz CT molecular complexity index is 1200. The topological polar surface area (TPSA) is 117 Å². The first-order valence-corrected chi connectivity index (χ1v) is 10.2. The Morgan fingerprint density at radius 2 is 1.62 bits per heavy atom. The zero-order chi connectivity index (χ0) is 23.1. The molecule has 166 valence electrons. The van der Waals surface area contributed by atoms with Crippen LogP contribution in [0.2, 0.25) is 0 Å². The minimum absolute atomic E-state index is 0.0276. The van der Waals surface area contributed by atoms with Crippen LogP contribution in [0.3, 0.4) is 0 Å². The number of amides is 1. The van der Waals surface area contributed by atoms with Crippen LogP contribution in [0, 0.1) is 0 Å². The molecule has 1 aromatic heterocycles. The van der Waals surface area contributed by atoms with Crippen LogP contribution in [0.25, 0.3) is 10.8 Å². The Balaban J connectivity index is 1.68. The molecular weight excluding hydrogens is 414 g/mol. The van der Waals surface area contributed by atoms with E-state index in [1.165, 1.54) is 16.8 Å². The van der Waals surface area contributed by atoms with Crippen LogP contribution >= 0.6 is 0 Å². The average molecular weight is 437 g/mol. The van der Waals surface area contributed by atoms with Crippen molar-refractivity contribution in [3.8, 4) is 0 Å². The number of esters is 2. The standard InChI is InChI=1S/C23H23N3O6/c1-3-13-26-21(28)18-8-6-5-7-17(18)20(25-26)23(30)32-14-19(27)24-16-11-9-15(10-12-16)22(29)31-4-2/h5-12H,3-4,13-14H2,1-2H3,(H,24,27). The molecule has 0 aliphatic heterocycles. The lowest BCUT2D eigenvalue weighted by Gasteiger charge is -2.10. The normalized spacial score (nSPS) is 10.6.